The Morgan fingerprint density at radius 2 is 2.33 bits per heavy atom. The molecule has 4 heteroatoms. The van der Waals surface area contributed by atoms with Crippen molar-refractivity contribution >= 4 is 6.29 Å². The van der Waals surface area contributed by atoms with Gasteiger partial charge >= 0.3 is 0 Å². The Morgan fingerprint density at radius 3 is 3.00 bits per heavy atom. The van der Waals surface area contributed by atoms with Gasteiger partial charge in [0.1, 0.15) is 11.5 Å². The zero-order valence-electron chi connectivity index (χ0n) is 10.0. The maximum Gasteiger partial charge on any atom is 0.157 e. The van der Waals surface area contributed by atoms with Crippen molar-refractivity contribution in [1.29, 1.82) is 0 Å². The van der Waals surface area contributed by atoms with E-state index in [1.165, 1.54) is 6.07 Å². The van der Waals surface area contributed by atoms with E-state index in [1.807, 2.05) is 0 Å². The third kappa shape index (κ3) is 1.97. The second kappa shape index (κ2) is 4.61. The van der Waals surface area contributed by atoms with Crippen LogP contribution in [0.15, 0.2) is 18.2 Å². The van der Waals surface area contributed by atoms with Crippen LogP contribution in [0.4, 0.5) is 0 Å². The van der Waals surface area contributed by atoms with Gasteiger partial charge in [0.2, 0.25) is 0 Å². The van der Waals surface area contributed by atoms with Crippen molar-refractivity contribution in [3.63, 3.8) is 0 Å². The smallest absolute Gasteiger partial charge is 0.157 e. The van der Waals surface area contributed by atoms with Gasteiger partial charge in [-0.3, -0.25) is 4.79 Å². The van der Waals surface area contributed by atoms with Crippen molar-refractivity contribution in [2.24, 2.45) is 5.92 Å². The first-order valence-corrected chi connectivity index (χ1v) is 6.33. The fourth-order valence-electron chi connectivity index (χ4n) is 2.89. The minimum Gasteiger partial charge on any atom is -0.507 e. The molecule has 2 heterocycles. The molecule has 2 bridgehead atoms. The molecular weight excluding hydrogens is 232 g/mol. The Bertz CT molecular complexity index is 457. The average molecular weight is 248 g/mol. The molecule has 4 nitrogen and oxygen atoms in total. The van der Waals surface area contributed by atoms with Crippen LogP contribution in [0, 0.1) is 5.92 Å². The molecule has 3 unspecified atom stereocenters. The number of benzene rings is 1. The molecular formula is C14H16O4. The Hall–Kier alpha value is -1.55. The Balaban J connectivity index is 1.67. The van der Waals surface area contributed by atoms with Gasteiger partial charge in [-0.15, -0.1) is 0 Å². The van der Waals surface area contributed by atoms with Gasteiger partial charge in [0.25, 0.3) is 0 Å². The molecule has 0 radical (unpaired) electrons. The van der Waals surface area contributed by atoms with Crippen molar-refractivity contribution in [1.82, 2.24) is 0 Å². The lowest BCUT2D eigenvalue weighted by atomic mass is 9.90. The lowest BCUT2D eigenvalue weighted by molar-refractivity contribution is 0.0823. The molecule has 1 aromatic carbocycles. The number of carbonyl (C=O) groups is 1. The van der Waals surface area contributed by atoms with Crippen LogP contribution >= 0.6 is 0 Å². The van der Waals surface area contributed by atoms with E-state index < -0.39 is 0 Å². The monoisotopic (exact) mass is 248 g/mol. The van der Waals surface area contributed by atoms with Crippen LogP contribution in [0.2, 0.25) is 0 Å². The number of aldehydes is 1. The highest BCUT2D eigenvalue weighted by molar-refractivity contribution is 5.83. The van der Waals surface area contributed by atoms with Crippen LogP contribution < -0.4 is 4.74 Å². The number of hydrogen-bond acceptors (Lipinski definition) is 4. The summed E-state index contributed by atoms with van der Waals surface area (Å²) < 4.78 is 11.4. The molecule has 2 fully saturated rings. The molecule has 0 spiro atoms. The quantitative estimate of drug-likeness (QED) is 0.829. The third-order valence-electron chi connectivity index (χ3n) is 3.85. The number of ether oxygens (including phenoxy) is 2. The van der Waals surface area contributed by atoms with Gasteiger partial charge in [0.05, 0.1) is 24.4 Å². The molecule has 3 rings (SSSR count). The van der Waals surface area contributed by atoms with Gasteiger partial charge in [0.15, 0.2) is 6.29 Å². The van der Waals surface area contributed by atoms with E-state index in [1.54, 1.807) is 12.1 Å². The fourth-order valence-corrected chi connectivity index (χ4v) is 2.89. The molecule has 0 aliphatic carbocycles. The molecule has 1 N–H and O–H groups in total. The topological polar surface area (TPSA) is 55.8 Å². The lowest BCUT2D eigenvalue weighted by Gasteiger charge is -2.19. The predicted octanol–water partition coefficient (Wildman–Crippen LogP) is 2.15. The van der Waals surface area contributed by atoms with E-state index in [2.05, 4.69) is 0 Å². The summed E-state index contributed by atoms with van der Waals surface area (Å²) in [7, 11) is 0. The number of fused-ring (bicyclic) bond motifs is 2. The highest BCUT2D eigenvalue weighted by atomic mass is 16.5. The van der Waals surface area contributed by atoms with E-state index in [0.717, 1.165) is 19.3 Å². The predicted molar refractivity (Wildman–Crippen MR) is 65.0 cm³/mol. The SMILES string of the molecule is O=Cc1c(O)cccc1OCC1CC2CCC1O2. The Labute approximate surface area is 106 Å². The molecule has 0 saturated carbocycles. The van der Waals surface area contributed by atoms with Gasteiger partial charge in [0, 0.05) is 5.92 Å². The number of phenols is 1. The summed E-state index contributed by atoms with van der Waals surface area (Å²) in [5, 5.41) is 9.55. The van der Waals surface area contributed by atoms with Crippen LogP contribution in [-0.2, 0) is 4.74 Å². The lowest BCUT2D eigenvalue weighted by Crippen LogP contribution is -2.23. The summed E-state index contributed by atoms with van der Waals surface area (Å²) >= 11 is 0. The molecule has 2 saturated heterocycles. The third-order valence-corrected chi connectivity index (χ3v) is 3.85. The van der Waals surface area contributed by atoms with Crippen molar-refractivity contribution < 1.29 is 19.4 Å². The van der Waals surface area contributed by atoms with E-state index in [-0.39, 0.29) is 11.3 Å². The first-order chi connectivity index (χ1) is 8.78. The normalized spacial score (nSPS) is 29.4. The molecule has 18 heavy (non-hydrogen) atoms. The van der Waals surface area contributed by atoms with E-state index >= 15 is 0 Å². The van der Waals surface area contributed by atoms with E-state index in [0.29, 0.717) is 36.8 Å². The van der Waals surface area contributed by atoms with Gasteiger partial charge < -0.3 is 14.6 Å². The van der Waals surface area contributed by atoms with Crippen LogP contribution in [0.3, 0.4) is 0 Å². The van der Waals surface area contributed by atoms with Crippen LogP contribution in [-0.4, -0.2) is 30.2 Å². The maximum absolute atomic E-state index is 10.9. The molecule has 0 aromatic heterocycles. The van der Waals surface area contributed by atoms with Crippen molar-refractivity contribution in [3.8, 4) is 11.5 Å². The largest absolute Gasteiger partial charge is 0.507 e. The summed E-state index contributed by atoms with van der Waals surface area (Å²) in [4.78, 5) is 10.9. The zero-order chi connectivity index (χ0) is 12.5. The number of phenolic OH excluding ortho intramolecular Hbond substituents is 1. The van der Waals surface area contributed by atoms with Crippen molar-refractivity contribution in [2.45, 2.75) is 31.5 Å². The summed E-state index contributed by atoms with van der Waals surface area (Å²) in [6.45, 7) is 0.547. The summed E-state index contributed by atoms with van der Waals surface area (Å²) in [6.07, 6.45) is 4.65. The van der Waals surface area contributed by atoms with Crippen LogP contribution in [0.5, 0.6) is 11.5 Å². The van der Waals surface area contributed by atoms with Gasteiger partial charge in [-0.05, 0) is 31.4 Å². The minimum atomic E-state index is -0.0355. The molecule has 0 amide bonds. The summed E-state index contributed by atoms with van der Waals surface area (Å²) in [5.41, 5.74) is 0.224. The first kappa shape index (κ1) is 11.5. The van der Waals surface area contributed by atoms with Crippen LogP contribution in [0.1, 0.15) is 29.6 Å². The summed E-state index contributed by atoms with van der Waals surface area (Å²) in [5.74, 6) is 0.824. The van der Waals surface area contributed by atoms with E-state index in [4.69, 9.17) is 9.47 Å². The highest BCUT2D eigenvalue weighted by Crippen LogP contribution is 2.39. The van der Waals surface area contributed by atoms with E-state index in [9.17, 15) is 9.90 Å². The molecule has 1 aromatic rings. The van der Waals surface area contributed by atoms with Gasteiger partial charge in [-0.25, -0.2) is 0 Å². The Morgan fingerprint density at radius 1 is 1.44 bits per heavy atom. The maximum atomic E-state index is 10.9. The average Bonchev–Trinajstić information content (AvgIpc) is 2.98. The Kier molecular flexibility index (Phi) is 2.96. The number of rotatable bonds is 4. The van der Waals surface area contributed by atoms with Crippen molar-refractivity contribution in [3.05, 3.63) is 23.8 Å². The second-order valence-corrected chi connectivity index (χ2v) is 4.99. The fraction of sp³-hybridized carbons (Fsp3) is 0.500. The molecule has 96 valence electrons. The highest BCUT2D eigenvalue weighted by Gasteiger charge is 2.41. The number of hydrogen-bond donors (Lipinski definition) is 1. The second-order valence-electron chi connectivity index (χ2n) is 4.99. The molecule has 2 aliphatic rings. The summed E-state index contributed by atoms with van der Waals surface area (Å²) in [6, 6.07) is 4.86. The van der Waals surface area contributed by atoms with Crippen LogP contribution in [0.25, 0.3) is 0 Å². The number of aromatic hydroxyl groups is 1. The standard InChI is InChI=1S/C14H16O4/c15-7-11-12(16)2-1-3-14(11)17-8-9-6-10-4-5-13(9)18-10/h1-3,7,9-10,13,16H,4-6,8H2. The first-order valence-electron chi connectivity index (χ1n) is 6.33. The zero-order valence-corrected chi connectivity index (χ0v) is 10.0. The van der Waals surface area contributed by atoms with Crippen molar-refractivity contribution in [2.75, 3.05) is 6.61 Å². The molecule has 3 atom stereocenters. The number of carbonyl (C=O) groups excluding carboxylic acids is 1. The van der Waals surface area contributed by atoms with Gasteiger partial charge in [-0.2, -0.15) is 0 Å². The molecule has 2 aliphatic heterocycles. The minimum absolute atomic E-state index is 0.0355. The van der Waals surface area contributed by atoms with Gasteiger partial charge in [-0.1, -0.05) is 6.07 Å².